The van der Waals surface area contributed by atoms with E-state index in [1.807, 2.05) is 12.1 Å². The lowest BCUT2D eigenvalue weighted by Crippen LogP contribution is -2.11. The van der Waals surface area contributed by atoms with Crippen LogP contribution in [0, 0.1) is 28.6 Å². The molecule has 0 aliphatic carbocycles. The van der Waals surface area contributed by atoms with Crippen molar-refractivity contribution in [2.24, 2.45) is 5.92 Å². The van der Waals surface area contributed by atoms with E-state index in [4.69, 9.17) is 15.3 Å². The molecular weight excluding hydrogens is 238 g/mol. The molecule has 1 aromatic rings. The number of rotatable bonds is 7. The van der Waals surface area contributed by atoms with Crippen LogP contribution in [0.25, 0.3) is 0 Å². The van der Waals surface area contributed by atoms with Gasteiger partial charge < -0.3 is 10.1 Å². The SMILES string of the molecule is CC(C)CCOCCNc1ccc(C#N)c(C#N)c1. The third-order valence-corrected chi connectivity index (χ3v) is 2.68. The number of hydrogen-bond acceptors (Lipinski definition) is 4. The van der Waals surface area contributed by atoms with Crippen LogP contribution in [0.3, 0.4) is 0 Å². The maximum absolute atomic E-state index is 8.91. The zero-order chi connectivity index (χ0) is 14.1. The maximum atomic E-state index is 8.91. The minimum Gasteiger partial charge on any atom is -0.383 e. The summed E-state index contributed by atoms with van der Waals surface area (Å²) < 4.78 is 5.49. The van der Waals surface area contributed by atoms with E-state index < -0.39 is 0 Å². The number of anilines is 1. The van der Waals surface area contributed by atoms with Gasteiger partial charge in [-0.1, -0.05) is 13.8 Å². The van der Waals surface area contributed by atoms with Gasteiger partial charge in [-0.3, -0.25) is 0 Å². The van der Waals surface area contributed by atoms with Gasteiger partial charge in [-0.2, -0.15) is 10.5 Å². The van der Waals surface area contributed by atoms with Crippen molar-refractivity contribution in [3.8, 4) is 12.1 Å². The molecule has 0 amide bonds. The standard InChI is InChI=1S/C15H19N3O/c1-12(2)5-7-19-8-6-18-15-4-3-13(10-16)14(9-15)11-17/h3-4,9,12,18H,5-8H2,1-2H3. The largest absolute Gasteiger partial charge is 0.383 e. The Balaban J connectivity index is 2.35. The second kappa shape index (κ2) is 8.13. The lowest BCUT2D eigenvalue weighted by atomic mass is 10.1. The van der Waals surface area contributed by atoms with Crippen LogP contribution in [-0.2, 0) is 4.74 Å². The molecule has 0 aromatic heterocycles. The van der Waals surface area contributed by atoms with Crippen molar-refractivity contribution in [2.45, 2.75) is 20.3 Å². The van der Waals surface area contributed by atoms with Gasteiger partial charge in [-0.15, -0.1) is 0 Å². The van der Waals surface area contributed by atoms with Crippen LogP contribution in [0.2, 0.25) is 0 Å². The highest BCUT2D eigenvalue weighted by molar-refractivity contribution is 5.56. The molecule has 100 valence electrons. The molecule has 0 fully saturated rings. The summed E-state index contributed by atoms with van der Waals surface area (Å²) in [7, 11) is 0. The highest BCUT2D eigenvalue weighted by Gasteiger charge is 2.02. The molecule has 4 heteroatoms. The van der Waals surface area contributed by atoms with Crippen LogP contribution in [0.15, 0.2) is 18.2 Å². The van der Waals surface area contributed by atoms with Gasteiger partial charge >= 0.3 is 0 Å². The average Bonchev–Trinajstić information content (AvgIpc) is 2.42. The quantitative estimate of drug-likeness (QED) is 0.762. The Morgan fingerprint density at radius 3 is 2.53 bits per heavy atom. The third-order valence-electron chi connectivity index (χ3n) is 2.68. The molecule has 0 spiro atoms. The first kappa shape index (κ1) is 15.0. The monoisotopic (exact) mass is 257 g/mol. The number of ether oxygens (including phenoxy) is 1. The van der Waals surface area contributed by atoms with Crippen molar-refractivity contribution in [2.75, 3.05) is 25.1 Å². The maximum Gasteiger partial charge on any atom is 0.101 e. The molecule has 1 N–H and O–H groups in total. The van der Waals surface area contributed by atoms with Crippen molar-refractivity contribution >= 4 is 5.69 Å². The molecule has 0 atom stereocenters. The first-order valence-electron chi connectivity index (χ1n) is 6.43. The fourth-order valence-electron chi connectivity index (χ4n) is 1.53. The normalized spacial score (nSPS) is 9.95. The summed E-state index contributed by atoms with van der Waals surface area (Å²) in [5.74, 6) is 0.657. The second-order valence-electron chi connectivity index (χ2n) is 4.71. The minimum atomic E-state index is 0.397. The fraction of sp³-hybridized carbons (Fsp3) is 0.467. The van der Waals surface area contributed by atoms with Crippen molar-refractivity contribution in [1.29, 1.82) is 10.5 Å². The molecule has 0 saturated heterocycles. The van der Waals surface area contributed by atoms with Gasteiger partial charge in [0.05, 0.1) is 17.7 Å². The van der Waals surface area contributed by atoms with E-state index in [1.54, 1.807) is 18.2 Å². The molecular formula is C15H19N3O. The van der Waals surface area contributed by atoms with Crippen LogP contribution in [-0.4, -0.2) is 19.8 Å². The van der Waals surface area contributed by atoms with E-state index in [0.29, 0.717) is 30.2 Å². The molecule has 0 radical (unpaired) electrons. The van der Waals surface area contributed by atoms with Gasteiger partial charge in [0.25, 0.3) is 0 Å². The van der Waals surface area contributed by atoms with Crippen molar-refractivity contribution in [3.63, 3.8) is 0 Å². The molecule has 0 saturated carbocycles. The van der Waals surface area contributed by atoms with E-state index in [0.717, 1.165) is 18.7 Å². The molecule has 1 aromatic carbocycles. The lowest BCUT2D eigenvalue weighted by Gasteiger charge is -2.09. The molecule has 19 heavy (non-hydrogen) atoms. The smallest absolute Gasteiger partial charge is 0.101 e. The third kappa shape index (κ3) is 5.42. The fourth-order valence-corrected chi connectivity index (χ4v) is 1.53. The molecule has 0 aliphatic heterocycles. The summed E-state index contributed by atoms with van der Waals surface area (Å²) >= 11 is 0. The summed E-state index contributed by atoms with van der Waals surface area (Å²) in [4.78, 5) is 0. The van der Waals surface area contributed by atoms with E-state index in [2.05, 4.69) is 19.2 Å². The number of nitrogens with one attached hydrogen (secondary N) is 1. The minimum absolute atomic E-state index is 0.397. The Morgan fingerprint density at radius 2 is 1.89 bits per heavy atom. The number of nitrogens with zero attached hydrogens (tertiary/aromatic N) is 2. The first-order valence-corrected chi connectivity index (χ1v) is 6.43. The zero-order valence-electron chi connectivity index (χ0n) is 11.4. The zero-order valence-corrected chi connectivity index (χ0v) is 11.4. The van der Waals surface area contributed by atoms with Gasteiger partial charge in [-0.05, 0) is 30.5 Å². The Labute approximate surface area is 114 Å². The Bertz CT molecular complexity index is 483. The van der Waals surface area contributed by atoms with Crippen LogP contribution in [0.5, 0.6) is 0 Å². The van der Waals surface area contributed by atoms with Crippen LogP contribution in [0.1, 0.15) is 31.4 Å². The van der Waals surface area contributed by atoms with Crippen molar-refractivity contribution in [1.82, 2.24) is 0 Å². The predicted molar refractivity (Wildman–Crippen MR) is 74.6 cm³/mol. The summed E-state index contributed by atoms with van der Waals surface area (Å²) in [6, 6.07) is 9.15. The van der Waals surface area contributed by atoms with Gasteiger partial charge in [0.1, 0.15) is 12.1 Å². The highest BCUT2D eigenvalue weighted by Crippen LogP contribution is 2.14. The molecule has 0 aliphatic rings. The lowest BCUT2D eigenvalue weighted by molar-refractivity contribution is 0.132. The Morgan fingerprint density at radius 1 is 1.16 bits per heavy atom. The highest BCUT2D eigenvalue weighted by atomic mass is 16.5. The van der Waals surface area contributed by atoms with E-state index in [9.17, 15) is 0 Å². The molecule has 0 bridgehead atoms. The average molecular weight is 257 g/mol. The molecule has 0 unspecified atom stereocenters. The Hall–Kier alpha value is -2.04. The molecule has 0 heterocycles. The summed E-state index contributed by atoms with van der Waals surface area (Å²) in [6.07, 6.45) is 1.06. The van der Waals surface area contributed by atoms with Gasteiger partial charge in [-0.25, -0.2) is 0 Å². The summed E-state index contributed by atoms with van der Waals surface area (Å²) in [6.45, 7) is 6.43. The summed E-state index contributed by atoms with van der Waals surface area (Å²) in [5.41, 5.74) is 1.64. The van der Waals surface area contributed by atoms with Crippen LogP contribution >= 0.6 is 0 Å². The first-order chi connectivity index (χ1) is 9.17. The molecule has 1 rings (SSSR count). The Kier molecular flexibility index (Phi) is 6.43. The van der Waals surface area contributed by atoms with Crippen LogP contribution in [0.4, 0.5) is 5.69 Å². The van der Waals surface area contributed by atoms with E-state index in [1.165, 1.54) is 0 Å². The van der Waals surface area contributed by atoms with Gasteiger partial charge in [0, 0.05) is 18.8 Å². The van der Waals surface area contributed by atoms with E-state index >= 15 is 0 Å². The topological polar surface area (TPSA) is 68.8 Å². The number of nitriles is 2. The van der Waals surface area contributed by atoms with Crippen LogP contribution < -0.4 is 5.32 Å². The van der Waals surface area contributed by atoms with E-state index in [-0.39, 0.29) is 0 Å². The van der Waals surface area contributed by atoms with Gasteiger partial charge in [0.15, 0.2) is 0 Å². The van der Waals surface area contributed by atoms with Gasteiger partial charge in [0.2, 0.25) is 0 Å². The van der Waals surface area contributed by atoms with Crippen molar-refractivity contribution < 1.29 is 4.74 Å². The number of hydrogen-bond donors (Lipinski definition) is 1. The molecule has 4 nitrogen and oxygen atoms in total. The predicted octanol–water partition coefficient (Wildman–Crippen LogP) is 2.90. The number of benzene rings is 1. The second-order valence-corrected chi connectivity index (χ2v) is 4.71. The summed E-state index contributed by atoms with van der Waals surface area (Å²) in [5, 5.41) is 20.9. The van der Waals surface area contributed by atoms with Crippen molar-refractivity contribution in [3.05, 3.63) is 29.3 Å².